The lowest BCUT2D eigenvalue weighted by Gasteiger charge is -2.26. The molecule has 1 aliphatic heterocycles. The van der Waals surface area contributed by atoms with Crippen molar-refractivity contribution in [2.45, 2.75) is 31.7 Å². The molecule has 1 atom stereocenters. The third-order valence-corrected chi connectivity index (χ3v) is 6.57. The molecule has 0 aliphatic carbocycles. The fourth-order valence-electron chi connectivity index (χ4n) is 3.89. The lowest BCUT2D eigenvalue weighted by Crippen LogP contribution is -2.24. The predicted octanol–water partition coefficient (Wildman–Crippen LogP) is 6.77. The Morgan fingerprint density at radius 1 is 1.11 bits per heavy atom. The average Bonchev–Trinajstić information content (AvgIpc) is 3.33. The number of thiazole rings is 1. The van der Waals surface area contributed by atoms with Crippen LogP contribution in [0.25, 0.3) is 0 Å². The Bertz CT molecular complexity index is 1370. The first-order valence-electron chi connectivity index (χ1n) is 11.1. The molecule has 4 aromatic rings. The number of ether oxygens (including phenoxy) is 2. The van der Waals surface area contributed by atoms with Gasteiger partial charge in [0.25, 0.3) is 11.1 Å². The minimum absolute atomic E-state index is 0. The molecule has 192 valence electrons. The Hall–Kier alpha value is -3.63. The van der Waals surface area contributed by atoms with Gasteiger partial charge in [-0.25, -0.2) is 0 Å². The summed E-state index contributed by atoms with van der Waals surface area (Å²) in [5.41, 5.74) is 1.41. The summed E-state index contributed by atoms with van der Waals surface area (Å²) in [5, 5.41) is 2.23. The van der Waals surface area contributed by atoms with Gasteiger partial charge in [-0.1, -0.05) is 41.7 Å². The molecule has 1 amide bonds. The third kappa shape index (κ3) is 6.20. The minimum atomic E-state index is -4.81. The summed E-state index contributed by atoms with van der Waals surface area (Å²) in [6.45, 7) is 0.0571. The maximum atomic E-state index is 13.6. The highest BCUT2D eigenvalue weighted by Crippen LogP contribution is 2.41. The van der Waals surface area contributed by atoms with E-state index in [1.807, 2.05) is 30.3 Å². The molecule has 0 fully saturated rings. The number of aromatic nitrogens is 2. The summed E-state index contributed by atoms with van der Waals surface area (Å²) >= 11 is 0.551. The van der Waals surface area contributed by atoms with Crippen LogP contribution in [-0.4, -0.2) is 15.9 Å². The van der Waals surface area contributed by atoms with Crippen LogP contribution in [0.4, 0.5) is 13.2 Å². The van der Waals surface area contributed by atoms with Crippen LogP contribution in [0, 0.1) is 0 Å². The number of amides is 1. The molecule has 0 saturated heterocycles. The van der Waals surface area contributed by atoms with Crippen molar-refractivity contribution in [1.29, 1.82) is 0 Å². The van der Waals surface area contributed by atoms with E-state index < -0.39 is 22.7 Å². The molecule has 1 aliphatic rings. The first kappa shape index (κ1) is 26.4. The zero-order valence-electron chi connectivity index (χ0n) is 19.2. The summed E-state index contributed by atoms with van der Waals surface area (Å²) in [6.07, 6.45) is -0.318. The molecule has 0 bridgehead atoms. The number of halogens is 4. The number of nitrogens with zero attached hydrogens (tertiary/aromatic N) is 2. The first-order chi connectivity index (χ1) is 17.4. The Labute approximate surface area is 220 Å². The Morgan fingerprint density at radius 3 is 2.59 bits per heavy atom. The molecule has 0 radical (unpaired) electrons. The van der Waals surface area contributed by atoms with Gasteiger partial charge in [0.15, 0.2) is 5.69 Å². The number of carbonyl (C=O) groups is 1. The Morgan fingerprint density at radius 2 is 1.86 bits per heavy atom. The molecule has 0 saturated carbocycles. The summed E-state index contributed by atoms with van der Waals surface area (Å²) in [6, 6.07) is 18.3. The number of carbonyl (C=O) groups excluding carboxylic acids is 1. The van der Waals surface area contributed by atoms with Gasteiger partial charge in [-0.2, -0.15) is 18.2 Å². The monoisotopic (exact) mass is 547 g/mol. The van der Waals surface area contributed by atoms with Crippen molar-refractivity contribution in [2.24, 2.45) is 0 Å². The van der Waals surface area contributed by atoms with Crippen LogP contribution >= 0.6 is 23.7 Å². The molecule has 3 heterocycles. The third-order valence-electron chi connectivity index (χ3n) is 5.64. The van der Waals surface area contributed by atoms with E-state index >= 15 is 0 Å². The van der Waals surface area contributed by atoms with E-state index in [9.17, 15) is 18.0 Å². The molecule has 6 nitrogen and oxygen atoms in total. The van der Waals surface area contributed by atoms with Crippen LogP contribution in [0.15, 0.2) is 73.1 Å². The van der Waals surface area contributed by atoms with Crippen LogP contribution in [0.1, 0.15) is 44.6 Å². The normalized spacial score (nSPS) is 14.6. The zero-order chi connectivity index (χ0) is 25.1. The summed E-state index contributed by atoms with van der Waals surface area (Å²) in [4.78, 5) is 19.5. The second kappa shape index (κ2) is 11.2. The molecule has 11 heteroatoms. The van der Waals surface area contributed by atoms with Gasteiger partial charge in [0.2, 0.25) is 0 Å². The van der Waals surface area contributed by atoms with Crippen molar-refractivity contribution >= 4 is 29.7 Å². The number of fused-ring (bicyclic) bond motifs is 1. The fraction of sp³-hybridized carbons (Fsp3) is 0.192. The van der Waals surface area contributed by atoms with Crippen molar-refractivity contribution in [2.75, 3.05) is 0 Å². The van der Waals surface area contributed by atoms with E-state index in [-0.39, 0.29) is 30.2 Å². The molecule has 2 aromatic carbocycles. The van der Waals surface area contributed by atoms with Gasteiger partial charge in [-0.15, -0.1) is 12.4 Å². The van der Waals surface area contributed by atoms with Gasteiger partial charge in [-0.05, 0) is 59.9 Å². The lowest BCUT2D eigenvalue weighted by atomic mass is 9.97. The van der Waals surface area contributed by atoms with Crippen LogP contribution in [0.3, 0.4) is 0 Å². The highest BCUT2D eigenvalue weighted by atomic mass is 35.5. The highest BCUT2D eigenvalue weighted by molar-refractivity contribution is 7.15. The highest BCUT2D eigenvalue weighted by Gasteiger charge is 2.40. The number of rotatable bonds is 6. The topological polar surface area (TPSA) is 73.3 Å². The number of aryl methyl sites for hydroxylation is 1. The maximum absolute atomic E-state index is 13.6. The zero-order valence-corrected chi connectivity index (χ0v) is 20.8. The van der Waals surface area contributed by atoms with Crippen molar-refractivity contribution in [3.63, 3.8) is 0 Å². The minimum Gasteiger partial charge on any atom is -0.485 e. The van der Waals surface area contributed by atoms with E-state index in [0.717, 1.165) is 24.0 Å². The second-order valence-electron chi connectivity index (χ2n) is 8.12. The average molecular weight is 548 g/mol. The maximum Gasteiger partial charge on any atom is 0.435 e. The smallest absolute Gasteiger partial charge is 0.435 e. The molecule has 2 aromatic heterocycles. The number of hydrogen-bond donors (Lipinski definition) is 1. The summed E-state index contributed by atoms with van der Waals surface area (Å²) in [5.74, 6) is 0.146. The van der Waals surface area contributed by atoms with E-state index in [0.29, 0.717) is 28.4 Å². The fourth-order valence-corrected chi connectivity index (χ4v) is 4.76. The number of hydrogen-bond acceptors (Lipinski definition) is 6. The van der Waals surface area contributed by atoms with Crippen molar-refractivity contribution < 1.29 is 27.4 Å². The predicted molar refractivity (Wildman–Crippen MR) is 134 cm³/mol. The molecule has 1 unspecified atom stereocenters. The SMILES string of the molecule is Cl.O=C(NCc1ccncc1)c1sc(Oc2ccc3c(c2)CCC(c2ccccc2)O3)nc1C(F)(F)F. The van der Waals surface area contributed by atoms with Gasteiger partial charge in [0.05, 0.1) is 0 Å². The number of pyridine rings is 1. The quantitative estimate of drug-likeness (QED) is 0.288. The standard InChI is InChI=1S/C26H20F3N3O3S.ClH/c27-26(28,29)23-22(24(33)31-15-16-10-12-30-13-11-16)36-25(32-23)34-19-7-9-21-18(14-19)6-8-20(35-21)17-4-2-1-3-5-17;/h1-5,7,9-14,20H,6,8,15H2,(H,31,33);1H. The van der Waals surface area contributed by atoms with E-state index in [4.69, 9.17) is 9.47 Å². The molecule has 1 N–H and O–H groups in total. The van der Waals surface area contributed by atoms with Crippen molar-refractivity contribution in [3.05, 3.63) is 100 Å². The van der Waals surface area contributed by atoms with Crippen molar-refractivity contribution in [1.82, 2.24) is 15.3 Å². The number of alkyl halides is 3. The molecule has 5 rings (SSSR count). The van der Waals surface area contributed by atoms with Crippen molar-refractivity contribution in [3.8, 4) is 16.7 Å². The van der Waals surface area contributed by atoms with E-state index in [2.05, 4.69) is 15.3 Å². The van der Waals surface area contributed by atoms with Gasteiger partial charge in [0, 0.05) is 18.9 Å². The Kier molecular flexibility index (Phi) is 7.99. The first-order valence-corrected chi connectivity index (χ1v) is 12.0. The van der Waals surface area contributed by atoms with Crippen LogP contribution in [0.2, 0.25) is 0 Å². The lowest BCUT2D eigenvalue weighted by molar-refractivity contribution is -0.141. The Balaban J connectivity index is 0.00000320. The van der Waals surface area contributed by atoms with Gasteiger partial charge < -0.3 is 14.8 Å². The largest absolute Gasteiger partial charge is 0.485 e. The van der Waals surface area contributed by atoms with Gasteiger partial charge in [0.1, 0.15) is 22.5 Å². The molecule has 0 spiro atoms. The molecular weight excluding hydrogens is 527 g/mol. The van der Waals surface area contributed by atoms with Gasteiger partial charge >= 0.3 is 6.18 Å². The van der Waals surface area contributed by atoms with Gasteiger partial charge in [-0.3, -0.25) is 9.78 Å². The van der Waals surface area contributed by atoms with E-state index in [1.165, 1.54) is 12.4 Å². The number of nitrogens with one attached hydrogen (secondary N) is 1. The van der Waals surface area contributed by atoms with Crippen LogP contribution < -0.4 is 14.8 Å². The molecule has 37 heavy (non-hydrogen) atoms. The number of benzene rings is 2. The second-order valence-corrected chi connectivity index (χ2v) is 9.08. The summed E-state index contributed by atoms with van der Waals surface area (Å²) < 4.78 is 52.6. The van der Waals surface area contributed by atoms with E-state index in [1.54, 1.807) is 30.3 Å². The van der Waals surface area contributed by atoms with Crippen LogP contribution in [0.5, 0.6) is 16.7 Å². The van der Waals surface area contributed by atoms with Crippen LogP contribution in [-0.2, 0) is 19.1 Å². The molecular formula is C26H21ClF3N3O3S. The summed E-state index contributed by atoms with van der Waals surface area (Å²) in [7, 11) is 0.